The van der Waals surface area contributed by atoms with Crippen molar-refractivity contribution in [2.45, 2.75) is 52.0 Å². The third-order valence-electron chi connectivity index (χ3n) is 4.55. The molecule has 1 fully saturated rings. The number of benzene rings is 1. The van der Waals surface area contributed by atoms with Crippen molar-refractivity contribution in [1.29, 1.82) is 0 Å². The number of methoxy groups -OCH3 is 1. The second-order valence-corrected chi connectivity index (χ2v) is 5.95. The Morgan fingerprint density at radius 3 is 2.53 bits per heavy atom. The Bertz CT molecular complexity index is 396. The molecule has 0 aromatic heterocycles. The first kappa shape index (κ1) is 14.4. The lowest BCUT2D eigenvalue weighted by atomic mass is 9.68. The molecule has 1 aromatic carbocycles. The van der Waals surface area contributed by atoms with Crippen molar-refractivity contribution < 1.29 is 4.74 Å². The predicted molar refractivity (Wildman–Crippen MR) is 80.6 cm³/mol. The SMILES string of the molecule is CCNC(c1ccccc1OC)C1(C)CCCCC1. The van der Waals surface area contributed by atoms with Gasteiger partial charge in [0, 0.05) is 11.6 Å². The minimum atomic E-state index is 0.350. The fourth-order valence-corrected chi connectivity index (χ4v) is 3.49. The zero-order chi connectivity index (χ0) is 13.7. The van der Waals surface area contributed by atoms with E-state index in [0.717, 1.165) is 12.3 Å². The van der Waals surface area contributed by atoms with Crippen molar-refractivity contribution in [2.24, 2.45) is 5.41 Å². The van der Waals surface area contributed by atoms with Crippen LogP contribution in [0.15, 0.2) is 24.3 Å². The molecule has 1 aliphatic rings. The maximum absolute atomic E-state index is 5.57. The Balaban J connectivity index is 2.33. The van der Waals surface area contributed by atoms with Gasteiger partial charge in [-0.25, -0.2) is 0 Å². The first-order chi connectivity index (χ1) is 9.21. The fourth-order valence-electron chi connectivity index (χ4n) is 3.49. The molecule has 0 amide bonds. The third kappa shape index (κ3) is 3.11. The van der Waals surface area contributed by atoms with Gasteiger partial charge in [-0.1, -0.05) is 51.3 Å². The molecule has 0 heterocycles. The highest BCUT2D eigenvalue weighted by molar-refractivity contribution is 5.37. The summed E-state index contributed by atoms with van der Waals surface area (Å²) >= 11 is 0. The van der Waals surface area contributed by atoms with E-state index in [0.29, 0.717) is 11.5 Å². The van der Waals surface area contributed by atoms with Gasteiger partial charge >= 0.3 is 0 Å². The fraction of sp³-hybridized carbons (Fsp3) is 0.647. The van der Waals surface area contributed by atoms with Crippen LogP contribution in [-0.4, -0.2) is 13.7 Å². The lowest BCUT2D eigenvalue weighted by molar-refractivity contribution is 0.144. The zero-order valence-electron chi connectivity index (χ0n) is 12.5. The predicted octanol–water partition coefficient (Wildman–Crippen LogP) is 4.32. The van der Waals surface area contributed by atoms with Crippen LogP contribution in [0.5, 0.6) is 5.75 Å². The highest BCUT2D eigenvalue weighted by atomic mass is 16.5. The quantitative estimate of drug-likeness (QED) is 0.852. The van der Waals surface area contributed by atoms with E-state index in [1.165, 1.54) is 37.7 Å². The smallest absolute Gasteiger partial charge is 0.123 e. The molecule has 0 bridgehead atoms. The molecule has 0 radical (unpaired) electrons. The Hall–Kier alpha value is -1.02. The number of rotatable bonds is 5. The largest absolute Gasteiger partial charge is 0.496 e. The second-order valence-electron chi connectivity index (χ2n) is 5.95. The van der Waals surface area contributed by atoms with Crippen LogP contribution in [0.1, 0.15) is 57.6 Å². The molecule has 106 valence electrons. The van der Waals surface area contributed by atoms with Crippen LogP contribution in [0.3, 0.4) is 0 Å². The Morgan fingerprint density at radius 2 is 1.89 bits per heavy atom. The van der Waals surface area contributed by atoms with E-state index in [2.05, 4.69) is 43.4 Å². The highest BCUT2D eigenvalue weighted by Gasteiger charge is 2.37. The van der Waals surface area contributed by atoms with Crippen molar-refractivity contribution in [1.82, 2.24) is 5.32 Å². The standard InChI is InChI=1S/C17H27NO/c1-4-18-16(17(2)12-8-5-9-13-17)14-10-6-7-11-15(14)19-3/h6-7,10-11,16,18H,4-5,8-9,12-13H2,1-3H3. The Labute approximate surface area is 117 Å². The average Bonchev–Trinajstić information content (AvgIpc) is 2.45. The van der Waals surface area contributed by atoms with E-state index >= 15 is 0 Å². The molecule has 0 saturated heterocycles. The molecule has 0 aliphatic heterocycles. The Morgan fingerprint density at radius 1 is 1.21 bits per heavy atom. The molecule has 2 rings (SSSR count). The molecular weight excluding hydrogens is 234 g/mol. The summed E-state index contributed by atoms with van der Waals surface area (Å²) in [6.45, 7) is 5.62. The van der Waals surface area contributed by atoms with E-state index in [1.807, 2.05) is 0 Å². The van der Waals surface area contributed by atoms with Crippen LogP contribution < -0.4 is 10.1 Å². The van der Waals surface area contributed by atoms with E-state index in [1.54, 1.807) is 7.11 Å². The summed E-state index contributed by atoms with van der Waals surface area (Å²) in [6.07, 6.45) is 6.72. The van der Waals surface area contributed by atoms with E-state index < -0.39 is 0 Å². The summed E-state index contributed by atoms with van der Waals surface area (Å²) in [6, 6.07) is 8.86. The first-order valence-corrected chi connectivity index (χ1v) is 7.57. The second kappa shape index (κ2) is 6.42. The summed E-state index contributed by atoms with van der Waals surface area (Å²) in [5.41, 5.74) is 1.67. The van der Waals surface area contributed by atoms with Gasteiger partial charge in [0.2, 0.25) is 0 Å². The molecule has 2 nitrogen and oxygen atoms in total. The van der Waals surface area contributed by atoms with Crippen LogP contribution in [0, 0.1) is 5.41 Å². The molecule has 1 atom stereocenters. The van der Waals surface area contributed by atoms with E-state index in [9.17, 15) is 0 Å². The number of hydrogen-bond donors (Lipinski definition) is 1. The summed E-state index contributed by atoms with van der Waals surface area (Å²) in [7, 11) is 1.77. The molecule has 0 spiro atoms. The van der Waals surface area contributed by atoms with Crippen molar-refractivity contribution in [2.75, 3.05) is 13.7 Å². The van der Waals surface area contributed by atoms with Gasteiger partial charge in [0.1, 0.15) is 5.75 Å². The Kier molecular flexibility index (Phi) is 4.87. The molecule has 1 aromatic rings. The lowest BCUT2D eigenvalue weighted by Gasteiger charge is -2.42. The number of para-hydroxylation sites is 1. The maximum atomic E-state index is 5.57. The number of hydrogen-bond acceptors (Lipinski definition) is 2. The van der Waals surface area contributed by atoms with Crippen LogP contribution >= 0.6 is 0 Å². The van der Waals surface area contributed by atoms with Crippen LogP contribution in [-0.2, 0) is 0 Å². The van der Waals surface area contributed by atoms with Crippen LogP contribution in [0.25, 0.3) is 0 Å². The van der Waals surface area contributed by atoms with Gasteiger partial charge in [0.25, 0.3) is 0 Å². The number of ether oxygens (including phenoxy) is 1. The maximum Gasteiger partial charge on any atom is 0.123 e. The van der Waals surface area contributed by atoms with Gasteiger partial charge in [-0.3, -0.25) is 0 Å². The molecule has 1 aliphatic carbocycles. The van der Waals surface area contributed by atoms with Crippen LogP contribution in [0.4, 0.5) is 0 Å². The third-order valence-corrected chi connectivity index (χ3v) is 4.55. The average molecular weight is 261 g/mol. The summed E-state index contributed by atoms with van der Waals surface area (Å²) < 4.78 is 5.57. The number of nitrogens with one attached hydrogen (secondary N) is 1. The van der Waals surface area contributed by atoms with Crippen molar-refractivity contribution in [3.63, 3.8) is 0 Å². The van der Waals surface area contributed by atoms with Gasteiger partial charge in [-0.2, -0.15) is 0 Å². The van der Waals surface area contributed by atoms with E-state index in [-0.39, 0.29) is 0 Å². The molecule has 1 unspecified atom stereocenters. The van der Waals surface area contributed by atoms with Gasteiger partial charge in [0.05, 0.1) is 7.11 Å². The highest BCUT2D eigenvalue weighted by Crippen LogP contribution is 2.47. The van der Waals surface area contributed by atoms with Gasteiger partial charge in [-0.05, 0) is 30.9 Å². The van der Waals surface area contributed by atoms with Crippen molar-refractivity contribution in [3.8, 4) is 5.75 Å². The van der Waals surface area contributed by atoms with Gasteiger partial charge in [0.15, 0.2) is 0 Å². The summed E-state index contributed by atoms with van der Waals surface area (Å²) in [5, 5.41) is 3.70. The molecule has 19 heavy (non-hydrogen) atoms. The normalized spacial score (nSPS) is 19.9. The molecule has 2 heteroatoms. The monoisotopic (exact) mass is 261 g/mol. The minimum Gasteiger partial charge on any atom is -0.496 e. The topological polar surface area (TPSA) is 21.3 Å². The zero-order valence-corrected chi connectivity index (χ0v) is 12.5. The lowest BCUT2D eigenvalue weighted by Crippen LogP contribution is -2.38. The van der Waals surface area contributed by atoms with Crippen LogP contribution in [0.2, 0.25) is 0 Å². The molecule has 1 N–H and O–H groups in total. The van der Waals surface area contributed by atoms with Crippen molar-refractivity contribution in [3.05, 3.63) is 29.8 Å². The van der Waals surface area contributed by atoms with Crippen molar-refractivity contribution >= 4 is 0 Å². The summed E-state index contributed by atoms with van der Waals surface area (Å²) in [5.74, 6) is 1.01. The first-order valence-electron chi connectivity index (χ1n) is 7.57. The summed E-state index contributed by atoms with van der Waals surface area (Å²) in [4.78, 5) is 0. The molecule has 1 saturated carbocycles. The van der Waals surface area contributed by atoms with Gasteiger partial charge in [-0.15, -0.1) is 0 Å². The van der Waals surface area contributed by atoms with E-state index in [4.69, 9.17) is 4.74 Å². The minimum absolute atomic E-state index is 0.350. The van der Waals surface area contributed by atoms with Gasteiger partial charge < -0.3 is 10.1 Å². The molecular formula is C17H27NO.